The summed E-state index contributed by atoms with van der Waals surface area (Å²) in [5.41, 5.74) is 0. The minimum Gasteiger partial charge on any atom is -0.469 e. The van der Waals surface area contributed by atoms with Gasteiger partial charge in [0.05, 0.1) is 25.7 Å². The summed E-state index contributed by atoms with van der Waals surface area (Å²) < 4.78 is 10.1. The van der Waals surface area contributed by atoms with Crippen LogP contribution in [-0.4, -0.2) is 25.8 Å². The molecule has 0 spiro atoms. The molecule has 0 N–H and O–H groups in total. The van der Waals surface area contributed by atoms with E-state index in [0.717, 1.165) is 0 Å². The zero-order valence-corrected chi connectivity index (χ0v) is 9.16. The van der Waals surface area contributed by atoms with Crippen molar-refractivity contribution in [3.8, 4) is 0 Å². The predicted octanol–water partition coefficient (Wildman–Crippen LogP) is 1.86. The third-order valence-electron chi connectivity index (χ3n) is 1.92. The van der Waals surface area contributed by atoms with Crippen LogP contribution in [0.2, 0.25) is 0 Å². The van der Waals surface area contributed by atoms with Crippen molar-refractivity contribution in [2.75, 3.05) is 13.7 Å². The third-order valence-corrected chi connectivity index (χ3v) is 1.92. The van der Waals surface area contributed by atoms with E-state index in [1.54, 1.807) is 0 Å². The van der Waals surface area contributed by atoms with E-state index in [4.69, 9.17) is 4.74 Å². The number of carbonyl (C=O) groups excluding carboxylic acids is 1. The Bertz CT molecular complexity index is 152. The van der Waals surface area contributed by atoms with Crippen LogP contribution in [0.3, 0.4) is 0 Å². The molecule has 78 valence electrons. The number of carbonyl (C=O) groups is 1. The lowest BCUT2D eigenvalue weighted by atomic mass is 9.97. The van der Waals surface area contributed by atoms with Gasteiger partial charge >= 0.3 is 5.97 Å². The number of hydrogen-bond donors (Lipinski definition) is 0. The molecular formula is C10H20O3. The number of methoxy groups -OCH3 is 1. The smallest absolute Gasteiger partial charge is 0.311 e. The van der Waals surface area contributed by atoms with Crippen LogP contribution in [0.4, 0.5) is 0 Å². The average molecular weight is 188 g/mol. The van der Waals surface area contributed by atoms with E-state index in [1.807, 2.05) is 27.7 Å². The Morgan fingerprint density at radius 3 is 2.08 bits per heavy atom. The monoisotopic (exact) mass is 188 g/mol. The van der Waals surface area contributed by atoms with Gasteiger partial charge in [-0.3, -0.25) is 4.79 Å². The zero-order chi connectivity index (χ0) is 10.4. The van der Waals surface area contributed by atoms with Crippen LogP contribution in [0.1, 0.15) is 27.7 Å². The molecule has 0 aromatic heterocycles. The predicted molar refractivity (Wildman–Crippen MR) is 51.4 cm³/mol. The molecule has 0 saturated heterocycles. The molecule has 0 aliphatic rings. The maximum absolute atomic E-state index is 11.3. The van der Waals surface area contributed by atoms with Crippen molar-refractivity contribution >= 4 is 5.97 Å². The Balaban J connectivity index is 4.03. The van der Waals surface area contributed by atoms with E-state index in [2.05, 4.69) is 4.74 Å². The van der Waals surface area contributed by atoms with E-state index < -0.39 is 0 Å². The van der Waals surface area contributed by atoms with Gasteiger partial charge in [0.1, 0.15) is 0 Å². The molecule has 0 aromatic carbocycles. The van der Waals surface area contributed by atoms with Crippen molar-refractivity contribution in [3.05, 3.63) is 0 Å². The zero-order valence-electron chi connectivity index (χ0n) is 9.16. The van der Waals surface area contributed by atoms with E-state index in [9.17, 15) is 4.79 Å². The molecular weight excluding hydrogens is 168 g/mol. The average Bonchev–Trinajstić information content (AvgIpc) is 2.03. The quantitative estimate of drug-likeness (QED) is 0.618. The highest BCUT2D eigenvalue weighted by Gasteiger charge is 2.23. The maximum atomic E-state index is 11.3. The molecule has 0 aliphatic heterocycles. The summed E-state index contributed by atoms with van der Waals surface area (Å²) in [5.74, 6) is -0.0748. The van der Waals surface area contributed by atoms with Gasteiger partial charge in [0, 0.05) is 0 Å². The van der Waals surface area contributed by atoms with Gasteiger partial charge in [-0.05, 0) is 19.8 Å². The molecule has 3 heteroatoms. The van der Waals surface area contributed by atoms with Gasteiger partial charge in [-0.1, -0.05) is 13.8 Å². The highest BCUT2D eigenvalue weighted by molar-refractivity contribution is 5.72. The SMILES string of the molecule is COC(=O)C(COC(C)C)C(C)C. The van der Waals surface area contributed by atoms with Crippen molar-refractivity contribution in [3.63, 3.8) is 0 Å². The van der Waals surface area contributed by atoms with Gasteiger partial charge in [0.25, 0.3) is 0 Å². The summed E-state index contributed by atoms with van der Waals surface area (Å²) in [4.78, 5) is 11.3. The van der Waals surface area contributed by atoms with Crippen LogP contribution in [0.15, 0.2) is 0 Å². The molecule has 0 amide bonds. The molecule has 0 aliphatic carbocycles. The second-order valence-corrected chi connectivity index (χ2v) is 3.76. The molecule has 3 nitrogen and oxygen atoms in total. The fraction of sp³-hybridized carbons (Fsp3) is 0.900. The second kappa shape index (κ2) is 5.97. The number of esters is 1. The minimum atomic E-state index is -0.185. The Morgan fingerprint density at radius 1 is 1.23 bits per heavy atom. The fourth-order valence-corrected chi connectivity index (χ4v) is 0.980. The third kappa shape index (κ3) is 4.88. The topological polar surface area (TPSA) is 35.5 Å². The first-order valence-electron chi connectivity index (χ1n) is 4.68. The largest absolute Gasteiger partial charge is 0.469 e. The van der Waals surface area contributed by atoms with Gasteiger partial charge < -0.3 is 9.47 Å². The highest BCUT2D eigenvalue weighted by atomic mass is 16.5. The minimum absolute atomic E-state index is 0.146. The first-order valence-corrected chi connectivity index (χ1v) is 4.68. The van der Waals surface area contributed by atoms with Gasteiger partial charge in [-0.15, -0.1) is 0 Å². The Kier molecular flexibility index (Phi) is 5.71. The van der Waals surface area contributed by atoms with Gasteiger partial charge in [-0.2, -0.15) is 0 Å². The highest BCUT2D eigenvalue weighted by Crippen LogP contribution is 2.13. The van der Waals surface area contributed by atoms with Crippen LogP contribution < -0.4 is 0 Å². The van der Waals surface area contributed by atoms with E-state index in [0.29, 0.717) is 6.61 Å². The standard InChI is InChI=1S/C10H20O3/c1-7(2)9(10(11)12-5)6-13-8(3)4/h7-9H,6H2,1-5H3. The van der Waals surface area contributed by atoms with Crippen molar-refractivity contribution in [1.82, 2.24) is 0 Å². The van der Waals surface area contributed by atoms with E-state index in [-0.39, 0.29) is 23.9 Å². The van der Waals surface area contributed by atoms with Crippen LogP contribution >= 0.6 is 0 Å². The Morgan fingerprint density at radius 2 is 1.77 bits per heavy atom. The Labute approximate surface area is 80.4 Å². The summed E-state index contributed by atoms with van der Waals surface area (Å²) in [7, 11) is 1.41. The first kappa shape index (κ1) is 12.4. The normalized spacial score (nSPS) is 13.5. The number of hydrogen-bond acceptors (Lipinski definition) is 3. The lowest BCUT2D eigenvalue weighted by Crippen LogP contribution is -2.27. The summed E-state index contributed by atoms with van der Waals surface area (Å²) in [6, 6.07) is 0. The molecule has 1 atom stereocenters. The van der Waals surface area contributed by atoms with Crippen LogP contribution in [-0.2, 0) is 14.3 Å². The molecule has 0 rings (SSSR count). The van der Waals surface area contributed by atoms with Crippen LogP contribution in [0.25, 0.3) is 0 Å². The fourth-order valence-electron chi connectivity index (χ4n) is 0.980. The van der Waals surface area contributed by atoms with Crippen LogP contribution in [0, 0.1) is 11.8 Å². The summed E-state index contributed by atoms with van der Waals surface area (Å²) in [6.07, 6.45) is 0.158. The van der Waals surface area contributed by atoms with Crippen molar-refractivity contribution < 1.29 is 14.3 Å². The number of rotatable bonds is 5. The van der Waals surface area contributed by atoms with Gasteiger partial charge in [-0.25, -0.2) is 0 Å². The Hall–Kier alpha value is -0.570. The summed E-state index contributed by atoms with van der Waals surface area (Å²) in [6.45, 7) is 8.34. The molecule has 0 aromatic rings. The molecule has 0 saturated carbocycles. The molecule has 0 radical (unpaired) electrons. The first-order chi connectivity index (χ1) is 5.99. The number of ether oxygens (including phenoxy) is 2. The van der Waals surface area contributed by atoms with Crippen LogP contribution in [0.5, 0.6) is 0 Å². The lowest BCUT2D eigenvalue weighted by Gasteiger charge is -2.19. The second-order valence-electron chi connectivity index (χ2n) is 3.76. The van der Waals surface area contributed by atoms with Gasteiger partial charge in [0.15, 0.2) is 0 Å². The van der Waals surface area contributed by atoms with Gasteiger partial charge in [0.2, 0.25) is 0 Å². The van der Waals surface area contributed by atoms with E-state index >= 15 is 0 Å². The molecule has 0 heterocycles. The maximum Gasteiger partial charge on any atom is 0.311 e. The lowest BCUT2D eigenvalue weighted by molar-refractivity contribution is -0.150. The van der Waals surface area contributed by atoms with Crippen molar-refractivity contribution in [2.45, 2.75) is 33.8 Å². The molecule has 13 heavy (non-hydrogen) atoms. The van der Waals surface area contributed by atoms with E-state index in [1.165, 1.54) is 7.11 Å². The molecule has 0 bridgehead atoms. The van der Waals surface area contributed by atoms with Crippen molar-refractivity contribution in [2.24, 2.45) is 11.8 Å². The van der Waals surface area contributed by atoms with Crippen molar-refractivity contribution in [1.29, 1.82) is 0 Å². The summed E-state index contributed by atoms with van der Waals surface area (Å²) in [5, 5.41) is 0. The summed E-state index contributed by atoms with van der Waals surface area (Å²) >= 11 is 0. The molecule has 1 unspecified atom stereocenters. The molecule has 0 fully saturated rings.